The largest absolute Gasteiger partial charge is 0.477 e. The van der Waals surface area contributed by atoms with Crippen LogP contribution in [0.2, 0.25) is 5.02 Å². The maximum atomic E-state index is 11.6. The lowest BCUT2D eigenvalue weighted by Gasteiger charge is -2.05. The molecule has 0 atom stereocenters. The van der Waals surface area contributed by atoms with Crippen molar-refractivity contribution in [1.29, 1.82) is 0 Å². The van der Waals surface area contributed by atoms with E-state index in [0.717, 1.165) is 5.56 Å². The molecule has 0 radical (unpaired) electrons. The monoisotopic (exact) mass is 333 g/mol. The number of nitrogens with one attached hydrogen (secondary N) is 1. The zero-order valence-corrected chi connectivity index (χ0v) is 12.6. The minimum absolute atomic E-state index is 0.0199. The van der Waals surface area contributed by atoms with Gasteiger partial charge in [-0.1, -0.05) is 35.9 Å². The second kappa shape index (κ2) is 7.90. The molecule has 118 valence electrons. The Hall–Kier alpha value is -2.93. The molecule has 23 heavy (non-hydrogen) atoms. The number of nitro groups is 1. The molecular formula is C15H12ClN3O4. The van der Waals surface area contributed by atoms with Crippen LogP contribution in [-0.4, -0.2) is 23.7 Å². The van der Waals surface area contributed by atoms with Crippen LogP contribution >= 0.6 is 11.6 Å². The minimum atomic E-state index is -0.579. The van der Waals surface area contributed by atoms with Crippen molar-refractivity contribution in [2.45, 2.75) is 0 Å². The fourth-order valence-electron chi connectivity index (χ4n) is 1.67. The zero-order valence-electron chi connectivity index (χ0n) is 11.8. The van der Waals surface area contributed by atoms with Crippen molar-refractivity contribution >= 4 is 29.4 Å². The molecule has 7 nitrogen and oxygen atoms in total. The molecule has 0 aliphatic carbocycles. The molecular weight excluding hydrogens is 322 g/mol. The van der Waals surface area contributed by atoms with E-state index in [1.165, 1.54) is 24.4 Å². The van der Waals surface area contributed by atoms with Gasteiger partial charge in [0.15, 0.2) is 12.4 Å². The fourth-order valence-corrected chi connectivity index (χ4v) is 1.87. The van der Waals surface area contributed by atoms with E-state index >= 15 is 0 Å². The van der Waals surface area contributed by atoms with Crippen molar-refractivity contribution < 1.29 is 14.5 Å². The number of para-hydroxylation sites is 2. The van der Waals surface area contributed by atoms with Crippen LogP contribution in [0.4, 0.5) is 5.69 Å². The topological polar surface area (TPSA) is 93.8 Å². The van der Waals surface area contributed by atoms with E-state index in [1.807, 2.05) is 0 Å². The summed E-state index contributed by atoms with van der Waals surface area (Å²) in [5.41, 5.74) is 2.78. The molecule has 0 aromatic heterocycles. The van der Waals surface area contributed by atoms with Crippen LogP contribution in [0.15, 0.2) is 53.6 Å². The molecule has 0 heterocycles. The third-order valence-corrected chi connectivity index (χ3v) is 2.91. The van der Waals surface area contributed by atoms with Crippen molar-refractivity contribution in [2.24, 2.45) is 5.10 Å². The minimum Gasteiger partial charge on any atom is -0.477 e. The summed E-state index contributed by atoms with van der Waals surface area (Å²) in [6.07, 6.45) is 1.43. The van der Waals surface area contributed by atoms with Crippen molar-refractivity contribution in [3.8, 4) is 5.75 Å². The highest BCUT2D eigenvalue weighted by Crippen LogP contribution is 2.25. The molecule has 0 saturated carbocycles. The highest BCUT2D eigenvalue weighted by atomic mass is 35.5. The molecule has 0 fully saturated rings. The van der Waals surface area contributed by atoms with Crippen molar-refractivity contribution in [1.82, 2.24) is 5.43 Å². The normalized spacial score (nSPS) is 10.5. The Morgan fingerprint density at radius 2 is 2.09 bits per heavy atom. The molecule has 8 heteroatoms. The van der Waals surface area contributed by atoms with Crippen LogP contribution < -0.4 is 10.2 Å². The summed E-state index contributed by atoms with van der Waals surface area (Å²) in [6.45, 7) is -0.391. The van der Waals surface area contributed by atoms with Crippen LogP contribution in [0.5, 0.6) is 5.75 Å². The number of hydrogen-bond donors (Lipinski definition) is 1. The van der Waals surface area contributed by atoms with E-state index in [1.54, 1.807) is 30.3 Å². The van der Waals surface area contributed by atoms with Crippen molar-refractivity contribution in [3.63, 3.8) is 0 Å². The van der Waals surface area contributed by atoms with Crippen LogP contribution in [0.3, 0.4) is 0 Å². The van der Waals surface area contributed by atoms with Gasteiger partial charge in [-0.2, -0.15) is 5.10 Å². The van der Waals surface area contributed by atoms with E-state index in [4.69, 9.17) is 16.3 Å². The summed E-state index contributed by atoms with van der Waals surface area (Å²) < 4.78 is 5.13. The van der Waals surface area contributed by atoms with Gasteiger partial charge in [-0.15, -0.1) is 0 Å². The third kappa shape index (κ3) is 5.08. The lowest BCUT2D eigenvalue weighted by molar-refractivity contribution is -0.385. The Labute approximate surface area is 136 Å². The van der Waals surface area contributed by atoms with Crippen molar-refractivity contribution in [2.75, 3.05) is 6.61 Å². The van der Waals surface area contributed by atoms with Gasteiger partial charge in [0.25, 0.3) is 5.91 Å². The second-order valence-corrected chi connectivity index (χ2v) is 4.80. The summed E-state index contributed by atoms with van der Waals surface area (Å²) >= 11 is 5.82. The van der Waals surface area contributed by atoms with Crippen LogP contribution in [0.1, 0.15) is 5.56 Å². The number of hydrazone groups is 1. The first-order chi connectivity index (χ1) is 11.1. The molecule has 0 aliphatic rings. The summed E-state index contributed by atoms with van der Waals surface area (Å²) in [7, 11) is 0. The highest BCUT2D eigenvalue weighted by molar-refractivity contribution is 6.30. The Bertz CT molecular complexity index is 749. The molecule has 2 aromatic rings. The summed E-state index contributed by atoms with van der Waals surface area (Å²) in [4.78, 5) is 21.8. The smallest absolute Gasteiger partial charge is 0.310 e. The molecule has 0 aliphatic heterocycles. The first-order valence-electron chi connectivity index (χ1n) is 6.50. The Morgan fingerprint density at radius 3 is 2.83 bits per heavy atom. The Kier molecular flexibility index (Phi) is 5.65. The number of hydrogen-bond acceptors (Lipinski definition) is 5. The predicted molar refractivity (Wildman–Crippen MR) is 85.8 cm³/mol. The lowest BCUT2D eigenvalue weighted by Crippen LogP contribution is -2.24. The number of ether oxygens (including phenoxy) is 1. The standard InChI is InChI=1S/C15H12ClN3O4/c16-12-5-3-4-11(8-12)9-17-18-15(20)10-23-14-7-2-1-6-13(14)19(21)22/h1-9H,10H2,(H,18,20)/b17-9-. The van der Waals surface area contributed by atoms with E-state index < -0.39 is 17.4 Å². The number of benzene rings is 2. The highest BCUT2D eigenvalue weighted by Gasteiger charge is 2.14. The second-order valence-electron chi connectivity index (χ2n) is 4.36. The molecule has 0 unspecified atom stereocenters. The van der Waals surface area contributed by atoms with Gasteiger partial charge in [-0.05, 0) is 23.8 Å². The van der Waals surface area contributed by atoms with E-state index in [0.29, 0.717) is 5.02 Å². The number of carbonyl (C=O) groups excluding carboxylic acids is 1. The fraction of sp³-hybridized carbons (Fsp3) is 0.0667. The summed E-state index contributed by atoms with van der Waals surface area (Å²) in [6, 6.07) is 12.7. The number of nitrogens with zero attached hydrogens (tertiary/aromatic N) is 2. The third-order valence-electron chi connectivity index (χ3n) is 2.67. The van der Waals surface area contributed by atoms with E-state index in [2.05, 4.69) is 10.5 Å². The molecule has 1 amide bonds. The molecule has 0 bridgehead atoms. The summed E-state index contributed by atoms with van der Waals surface area (Å²) in [5, 5.41) is 15.1. The number of carbonyl (C=O) groups is 1. The quantitative estimate of drug-likeness (QED) is 0.499. The van der Waals surface area contributed by atoms with E-state index in [9.17, 15) is 14.9 Å². The van der Waals surface area contributed by atoms with Crippen LogP contribution in [0, 0.1) is 10.1 Å². The van der Waals surface area contributed by atoms with Gasteiger partial charge in [-0.3, -0.25) is 14.9 Å². The molecule has 0 spiro atoms. The lowest BCUT2D eigenvalue weighted by atomic mass is 10.2. The van der Waals surface area contributed by atoms with E-state index in [-0.39, 0.29) is 11.4 Å². The van der Waals surface area contributed by atoms with Gasteiger partial charge in [0.1, 0.15) is 0 Å². The van der Waals surface area contributed by atoms with Gasteiger partial charge < -0.3 is 4.74 Å². The molecule has 0 saturated heterocycles. The average Bonchev–Trinajstić information content (AvgIpc) is 2.53. The van der Waals surface area contributed by atoms with Crippen LogP contribution in [-0.2, 0) is 4.79 Å². The number of nitro benzene ring substituents is 1. The molecule has 2 rings (SSSR count). The number of halogens is 1. The SMILES string of the molecule is O=C(COc1ccccc1[N+](=O)[O-])N/N=C\c1cccc(Cl)c1. The molecule has 2 aromatic carbocycles. The first-order valence-corrected chi connectivity index (χ1v) is 6.88. The predicted octanol–water partition coefficient (Wildman–Crippen LogP) is 2.78. The average molecular weight is 334 g/mol. The molecule has 1 N–H and O–H groups in total. The maximum absolute atomic E-state index is 11.6. The van der Waals surface area contributed by atoms with Gasteiger partial charge in [0, 0.05) is 11.1 Å². The van der Waals surface area contributed by atoms with Crippen molar-refractivity contribution in [3.05, 3.63) is 69.2 Å². The Balaban J connectivity index is 1.87. The van der Waals surface area contributed by atoms with Crippen LogP contribution in [0.25, 0.3) is 0 Å². The number of amides is 1. The van der Waals surface area contributed by atoms with Gasteiger partial charge in [0.05, 0.1) is 11.1 Å². The zero-order chi connectivity index (χ0) is 16.7. The Morgan fingerprint density at radius 1 is 1.30 bits per heavy atom. The first kappa shape index (κ1) is 16.4. The summed E-state index contributed by atoms with van der Waals surface area (Å²) in [5.74, 6) is -0.520. The van der Waals surface area contributed by atoms with Gasteiger partial charge in [0.2, 0.25) is 0 Å². The number of rotatable bonds is 6. The van der Waals surface area contributed by atoms with Gasteiger partial charge in [-0.25, -0.2) is 5.43 Å². The van der Waals surface area contributed by atoms with Gasteiger partial charge >= 0.3 is 5.69 Å². The maximum Gasteiger partial charge on any atom is 0.310 e.